The van der Waals surface area contributed by atoms with Crippen molar-refractivity contribution < 1.29 is 4.79 Å². The molecule has 1 fully saturated rings. The summed E-state index contributed by atoms with van der Waals surface area (Å²) >= 11 is 0. The highest BCUT2D eigenvalue weighted by Gasteiger charge is 2.21. The molecule has 0 spiro atoms. The molecule has 0 radical (unpaired) electrons. The van der Waals surface area contributed by atoms with Gasteiger partial charge in [0.1, 0.15) is 5.82 Å². The predicted octanol–water partition coefficient (Wildman–Crippen LogP) is -0.103. The van der Waals surface area contributed by atoms with Crippen LogP contribution in [0.1, 0.15) is 12.8 Å². The van der Waals surface area contributed by atoms with Crippen LogP contribution in [0.2, 0.25) is 0 Å². The van der Waals surface area contributed by atoms with Crippen LogP contribution >= 0.6 is 0 Å². The Balaban J connectivity index is 2.35. The lowest BCUT2D eigenvalue weighted by atomic mass is 10.4. The molecule has 5 nitrogen and oxygen atoms in total. The number of aromatic amines is 1. The highest BCUT2D eigenvalue weighted by Crippen LogP contribution is 2.16. The molecule has 0 saturated carbocycles. The summed E-state index contributed by atoms with van der Waals surface area (Å²) in [4.78, 5) is 29.7. The number of carbonyl (C=O) groups is 1. The van der Waals surface area contributed by atoms with Crippen LogP contribution in [0.5, 0.6) is 0 Å². The van der Waals surface area contributed by atoms with Gasteiger partial charge in [0.05, 0.1) is 0 Å². The van der Waals surface area contributed by atoms with Crippen LogP contribution in [0.25, 0.3) is 0 Å². The average Bonchev–Trinajstić information content (AvgIpc) is 2.51. The molecule has 1 aromatic heterocycles. The molecular formula is C8H9N3O2. The van der Waals surface area contributed by atoms with Crippen LogP contribution in [0.4, 0.5) is 5.82 Å². The van der Waals surface area contributed by atoms with Crippen molar-refractivity contribution in [3.05, 3.63) is 22.7 Å². The molecule has 0 aliphatic carbocycles. The van der Waals surface area contributed by atoms with Crippen LogP contribution in [0.3, 0.4) is 0 Å². The fourth-order valence-electron chi connectivity index (χ4n) is 1.42. The molecule has 1 aromatic rings. The SMILES string of the molecule is O=C1CCCN1c1ccnc(=O)[nH]1. The Morgan fingerprint density at radius 2 is 2.31 bits per heavy atom. The number of H-pyrrole nitrogens is 1. The minimum absolute atomic E-state index is 0.0573. The summed E-state index contributed by atoms with van der Waals surface area (Å²) in [5, 5.41) is 0. The van der Waals surface area contributed by atoms with Crippen molar-refractivity contribution in [2.45, 2.75) is 12.8 Å². The van der Waals surface area contributed by atoms with E-state index in [-0.39, 0.29) is 5.91 Å². The second kappa shape index (κ2) is 3.01. The quantitative estimate of drug-likeness (QED) is 0.654. The normalized spacial score (nSPS) is 16.6. The fourth-order valence-corrected chi connectivity index (χ4v) is 1.42. The molecule has 1 aliphatic heterocycles. The van der Waals surface area contributed by atoms with Gasteiger partial charge < -0.3 is 0 Å². The van der Waals surface area contributed by atoms with Crippen molar-refractivity contribution >= 4 is 11.7 Å². The Labute approximate surface area is 74.4 Å². The number of rotatable bonds is 1. The van der Waals surface area contributed by atoms with Crippen LogP contribution in [0, 0.1) is 0 Å². The molecule has 0 aromatic carbocycles. The van der Waals surface area contributed by atoms with Crippen molar-refractivity contribution in [1.29, 1.82) is 0 Å². The van der Waals surface area contributed by atoms with Crippen molar-refractivity contribution in [3.8, 4) is 0 Å². The first kappa shape index (κ1) is 7.97. The first-order chi connectivity index (χ1) is 6.27. The molecule has 5 heteroatoms. The minimum Gasteiger partial charge on any atom is -0.298 e. The Bertz CT molecular complexity index is 385. The van der Waals surface area contributed by atoms with E-state index < -0.39 is 5.69 Å². The summed E-state index contributed by atoms with van der Waals surface area (Å²) < 4.78 is 0. The number of nitrogens with one attached hydrogen (secondary N) is 1. The lowest BCUT2D eigenvalue weighted by molar-refractivity contribution is -0.117. The van der Waals surface area contributed by atoms with Crippen LogP contribution in [-0.2, 0) is 4.79 Å². The van der Waals surface area contributed by atoms with E-state index in [1.807, 2.05) is 0 Å². The first-order valence-electron chi connectivity index (χ1n) is 4.13. The zero-order chi connectivity index (χ0) is 9.26. The predicted molar refractivity (Wildman–Crippen MR) is 46.4 cm³/mol. The van der Waals surface area contributed by atoms with E-state index in [4.69, 9.17) is 0 Å². The summed E-state index contributed by atoms with van der Waals surface area (Å²) in [6.45, 7) is 0.679. The average molecular weight is 179 g/mol. The number of anilines is 1. The monoisotopic (exact) mass is 179 g/mol. The van der Waals surface area contributed by atoms with Crippen LogP contribution in [-0.4, -0.2) is 22.4 Å². The zero-order valence-electron chi connectivity index (χ0n) is 6.99. The second-order valence-corrected chi connectivity index (χ2v) is 2.91. The van der Waals surface area contributed by atoms with E-state index in [0.717, 1.165) is 6.42 Å². The molecule has 2 rings (SSSR count). The van der Waals surface area contributed by atoms with E-state index in [2.05, 4.69) is 9.97 Å². The van der Waals surface area contributed by atoms with E-state index in [1.54, 1.807) is 11.0 Å². The molecule has 13 heavy (non-hydrogen) atoms. The third-order valence-corrected chi connectivity index (χ3v) is 2.02. The number of amides is 1. The largest absolute Gasteiger partial charge is 0.346 e. The van der Waals surface area contributed by atoms with Gasteiger partial charge in [0.2, 0.25) is 5.91 Å². The number of hydrogen-bond acceptors (Lipinski definition) is 3. The molecule has 0 atom stereocenters. The Hall–Kier alpha value is -1.65. The van der Waals surface area contributed by atoms with Crippen molar-refractivity contribution in [2.75, 3.05) is 11.4 Å². The first-order valence-corrected chi connectivity index (χ1v) is 4.13. The Morgan fingerprint density at radius 1 is 1.46 bits per heavy atom. The maximum Gasteiger partial charge on any atom is 0.346 e. The van der Waals surface area contributed by atoms with E-state index in [9.17, 15) is 9.59 Å². The molecular weight excluding hydrogens is 170 g/mol. The lowest BCUT2D eigenvalue weighted by Crippen LogP contribution is -2.27. The summed E-state index contributed by atoms with van der Waals surface area (Å²) in [5.74, 6) is 0.601. The van der Waals surface area contributed by atoms with E-state index in [0.29, 0.717) is 18.8 Å². The molecule has 1 N–H and O–H groups in total. The van der Waals surface area contributed by atoms with Gasteiger partial charge in [0.25, 0.3) is 0 Å². The Morgan fingerprint density at radius 3 is 2.92 bits per heavy atom. The number of carbonyl (C=O) groups excluding carboxylic acids is 1. The molecule has 2 heterocycles. The maximum absolute atomic E-state index is 11.3. The van der Waals surface area contributed by atoms with Gasteiger partial charge in [-0.05, 0) is 12.5 Å². The summed E-state index contributed by atoms with van der Waals surface area (Å²) in [5.41, 5.74) is -0.419. The number of nitrogens with zero attached hydrogens (tertiary/aromatic N) is 2. The fraction of sp³-hybridized carbons (Fsp3) is 0.375. The standard InChI is InChI=1S/C8H9N3O2/c12-7-2-1-5-11(7)6-3-4-9-8(13)10-6/h3-4H,1-2,5H2,(H,9,10,13). The highest BCUT2D eigenvalue weighted by atomic mass is 16.2. The van der Waals surface area contributed by atoms with Crippen molar-refractivity contribution in [1.82, 2.24) is 9.97 Å². The second-order valence-electron chi connectivity index (χ2n) is 2.91. The zero-order valence-corrected chi connectivity index (χ0v) is 6.99. The topological polar surface area (TPSA) is 66.1 Å². The summed E-state index contributed by atoms with van der Waals surface area (Å²) in [7, 11) is 0. The Kier molecular flexibility index (Phi) is 1.84. The van der Waals surface area contributed by atoms with Crippen molar-refractivity contribution in [2.24, 2.45) is 0 Å². The van der Waals surface area contributed by atoms with Gasteiger partial charge >= 0.3 is 5.69 Å². The third-order valence-electron chi connectivity index (χ3n) is 2.02. The molecule has 1 amide bonds. The lowest BCUT2D eigenvalue weighted by Gasteiger charge is -2.13. The van der Waals surface area contributed by atoms with Gasteiger partial charge in [-0.3, -0.25) is 14.7 Å². The van der Waals surface area contributed by atoms with Gasteiger partial charge in [0, 0.05) is 19.2 Å². The maximum atomic E-state index is 11.3. The van der Waals surface area contributed by atoms with Gasteiger partial charge in [0.15, 0.2) is 0 Å². The molecule has 68 valence electrons. The van der Waals surface area contributed by atoms with Crippen LogP contribution < -0.4 is 10.6 Å². The van der Waals surface area contributed by atoms with Gasteiger partial charge in [-0.2, -0.15) is 0 Å². The van der Waals surface area contributed by atoms with Crippen LogP contribution in [0.15, 0.2) is 17.1 Å². The minimum atomic E-state index is -0.419. The van der Waals surface area contributed by atoms with E-state index in [1.165, 1.54) is 6.20 Å². The van der Waals surface area contributed by atoms with Crippen molar-refractivity contribution in [3.63, 3.8) is 0 Å². The number of aromatic nitrogens is 2. The smallest absolute Gasteiger partial charge is 0.298 e. The van der Waals surface area contributed by atoms with E-state index >= 15 is 0 Å². The van der Waals surface area contributed by atoms with Gasteiger partial charge in [-0.15, -0.1) is 0 Å². The van der Waals surface area contributed by atoms with Gasteiger partial charge in [-0.1, -0.05) is 0 Å². The summed E-state index contributed by atoms with van der Waals surface area (Å²) in [6.07, 6.45) is 2.81. The molecule has 0 unspecified atom stereocenters. The highest BCUT2D eigenvalue weighted by molar-refractivity contribution is 5.94. The third kappa shape index (κ3) is 1.44. The summed E-state index contributed by atoms with van der Waals surface area (Å²) in [6, 6.07) is 1.63. The molecule has 1 aliphatic rings. The number of hydrogen-bond donors (Lipinski definition) is 1. The van der Waals surface area contributed by atoms with Gasteiger partial charge in [-0.25, -0.2) is 9.78 Å². The molecule has 1 saturated heterocycles. The molecule has 0 bridgehead atoms.